The fourth-order valence-electron chi connectivity index (χ4n) is 2.42. The van der Waals surface area contributed by atoms with Crippen LogP contribution in [-0.4, -0.2) is 11.9 Å². The molecular formula is C15H14O3. The molecule has 0 spiro atoms. The van der Waals surface area contributed by atoms with Gasteiger partial charge in [0.1, 0.15) is 6.10 Å². The molecule has 0 saturated heterocycles. The van der Waals surface area contributed by atoms with Gasteiger partial charge < -0.3 is 14.6 Å². The van der Waals surface area contributed by atoms with Crippen molar-refractivity contribution in [1.29, 1.82) is 0 Å². The molecule has 1 aliphatic heterocycles. The Morgan fingerprint density at radius 2 is 2.06 bits per heavy atom. The maximum atomic E-state index is 9.96. The van der Waals surface area contributed by atoms with Crippen LogP contribution in [0.3, 0.4) is 0 Å². The second-order valence-corrected chi connectivity index (χ2v) is 4.72. The van der Waals surface area contributed by atoms with Crippen LogP contribution in [0.5, 0.6) is 11.5 Å². The summed E-state index contributed by atoms with van der Waals surface area (Å²) in [7, 11) is 0. The molecule has 1 atom stereocenters. The van der Waals surface area contributed by atoms with E-state index in [9.17, 15) is 5.11 Å². The summed E-state index contributed by atoms with van der Waals surface area (Å²) in [6.07, 6.45) is 8.39. The van der Waals surface area contributed by atoms with E-state index >= 15 is 0 Å². The average Bonchev–Trinajstić information content (AvgIpc) is 3.07. The highest BCUT2D eigenvalue weighted by Gasteiger charge is 2.44. The molecule has 1 aliphatic carbocycles. The lowest BCUT2D eigenvalue weighted by atomic mass is 9.88. The van der Waals surface area contributed by atoms with Crippen molar-refractivity contribution in [3.8, 4) is 23.8 Å². The fourth-order valence-corrected chi connectivity index (χ4v) is 2.42. The Labute approximate surface area is 106 Å². The van der Waals surface area contributed by atoms with Crippen LogP contribution in [0.4, 0.5) is 0 Å². The van der Waals surface area contributed by atoms with Crippen molar-refractivity contribution in [2.75, 3.05) is 6.79 Å². The number of aliphatic hydroxyl groups is 1. The van der Waals surface area contributed by atoms with E-state index < -0.39 is 6.10 Å². The Bertz CT molecular complexity index is 550. The molecule has 1 aromatic rings. The third kappa shape index (κ3) is 1.50. The van der Waals surface area contributed by atoms with Crippen LogP contribution in [-0.2, 0) is 5.41 Å². The van der Waals surface area contributed by atoms with Gasteiger partial charge in [-0.05, 0) is 30.5 Å². The third-order valence-electron chi connectivity index (χ3n) is 3.71. The summed E-state index contributed by atoms with van der Waals surface area (Å²) in [6, 6.07) is 3.71. The smallest absolute Gasteiger partial charge is 0.231 e. The highest BCUT2D eigenvalue weighted by Crippen LogP contribution is 2.53. The van der Waals surface area contributed by atoms with E-state index in [2.05, 4.69) is 12.5 Å². The molecule has 3 nitrogen and oxygen atoms in total. The summed E-state index contributed by atoms with van der Waals surface area (Å²) in [6.45, 7) is 4.10. The van der Waals surface area contributed by atoms with Crippen LogP contribution in [0.25, 0.3) is 0 Å². The Balaban J connectivity index is 2.17. The van der Waals surface area contributed by atoms with E-state index in [-0.39, 0.29) is 12.2 Å². The second-order valence-electron chi connectivity index (χ2n) is 4.72. The van der Waals surface area contributed by atoms with Gasteiger partial charge in [-0.3, -0.25) is 0 Å². The summed E-state index contributed by atoms with van der Waals surface area (Å²) >= 11 is 0. The molecule has 3 rings (SSSR count). The molecule has 1 heterocycles. The number of benzene rings is 1. The lowest BCUT2D eigenvalue weighted by Crippen LogP contribution is -2.09. The third-order valence-corrected chi connectivity index (χ3v) is 3.71. The fraction of sp³-hybridized carbons (Fsp3) is 0.333. The van der Waals surface area contributed by atoms with Crippen molar-refractivity contribution in [3.05, 3.63) is 35.9 Å². The monoisotopic (exact) mass is 242 g/mol. The number of ether oxygens (including phenoxy) is 2. The first-order valence-corrected chi connectivity index (χ1v) is 5.92. The first-order chi connectivity index (χ1) is 8.70. The van der Waals surface area contributed by atoms with Crippen molar-refractivity contribution >= 4 is 0 Å². The van der Waals surface area contributed by atoms with Crippen molar-refractivity contribution in [1.82, 2.24) is 0 Å². The van der Waals surface area contributed by atoms with Crippen LogP contribution >= 0.6 is 0 Å². The molecular weight excluding hydrogens is 228 g/mol. The molecule has 1 saturated carbocycles. The summed E-state index contributed by atoms with van der Waals surface area (Å²) in [4.78, 5) is 0. The number of allylic oxidation sites excluding steroid dienone is 1. The number of hydrogen-bond donors (Lipinski definition) is 1. The van der Waals surface area contributed by atoms with Crippen LogP contribution in [0.15, 0.2) is 24.8 Å². The highest BCUT2D eigenvalue weighted by atomic mass is 16.7. The maximum absolute atomic E-state index is 9.96. The van der Waals surface area contributed by atoms with Crippen LogP contribution in [0.2, 0.25) is 0 Å². The zero-order chi connectivity index (χ0) is 12.8. The van der Waals surface area contributed by atoms with E-state index in [0.29, 0.717) is 11.5 Å². The van der Waals surface area contributed by atoms with Crippen LogP contribution in [0.1, 0.15) is 30.1 Å². The van der Waals surface area contributed by atoms with Gasteiger partial charge in [-0.15, -0.1) is 13.0 Å². The minimum absolute atomic E-state index is 0.0614. The highest BCUT2D eigenvalue weighted by molar-refractivity contribution is 5.55. The molecule has 2 aliphatic rings. The Hall–Kier alpha value is -1.92. The molecule has 3 heteroatoms. The van der Waals surface area contributed by atoms with Crippen molar-refractivity contribution in [3.63, 3.8) is 0 Å². The summed E-state index contributed by atoms with van der Waals surface area (Å²) < 4.78 is 10.7. The topological polar surface area (TPSA) is 38.7 Å². The largest absolute Gasteiger partial charge is 0.454 e. The molecule has 0 aromatic heterocycles. The lowest BCUT2D eigenvalue weighted by Gasteiger charge is -2.18. The van der Waals surface area contributed by atoms with Gasteiger partial charge in [0.2, 0.25) is 6.79 Å². The predicted molar refractivity (Wildman–Crippen MR) is 67.5 cm³/mol. The Kier molecular flexibility index (Phi) is 2.36. The van der Waals surface area contributed by atoms with Gasteiger partial charge in [-0.1, -0.05) is 12.0 Å². The maximum Gasteiger partial charge on any atom is 0.231 e. The molecule has 1 aromatic carbocycles. The number of aliphatic hydroxyl groups excluding tert-OH is 1. The van der Waals surface area contributed by atoms with Gasteiger partial charge >= 0.3 is 0 Å². The van der Waals surface area contributed by atoms with Gasteiger partial charge in [0.15, 0.2) is 11.5 Å². The van der Waals surface area contributed by atoms with Gasteiger partial charge in [-0.25, -0.2) is 0 Å². The summed E-state index contributed by atoms with van der Waals surface area (Å²) in [5, 5.41) is 9.96. The zero-order valence-electron chi connectivity index (χ0n) is 9.98. The minimum Gasteiger partial charge on any atom is -0.454 e. The lowest BCUT2D eigenvalue weighted by molar-refractivity contribution is 0.173. The van der Waals surface area contributed by atoms with Gasteiger partial charge in [0.05, 0.1) is 0 Å². The predicted octanol–water partition coefficient (Wildman–Crippen LogP) is 2.30. The second kappa shape index (κ2) is 3.79. The molecule has 0 unspecified atom stereocenters. The number of rotatable bonds is 3. The molecule has 92 valence electrons. The molecule has 1 fully saturated rings. The van der Waals surface area contributed by atoms with Crippen molar-refractivity contribution < 1.29 is 14.6 Å². The standard InChI is InChI=1S/C15H14O3/c1-3-12(16)10-7-13-14(18-9-17-13)8-11(10)15(4-2)5-6-15/h1,4,7-8,12,16H,2,5-6,9H2/t12-/m1/s1. The zero-order valence-corrected chi connectivity index (χ0v) is 9.98. The molecule has 18 heavy (non-hydrogen) atoms. The quantitative estimate of drug-likeness (QED) is 0.653. The number of hydrogen-bond acceptors (Lipinski definition) is 3. The Morgan fingerprint density at radius 3 is 2.61 bits per heavy atom. The SMILES string of the molecule is C#C[C@@H](O)c1cc2c(cc1C1(C=C)CC1)OCO2. The molecule has 0 bridgehead atoms. The first-order valence-electron chi connectivity index (χ1n) is 5.92. The van der Waals surface area contributed by atoms with E-state index in [0.717, 1.165) is 24.0 Å². The minimum atomic E-state index is -0.924. The van der Waals surface area contributed by atoms with E-state index in [1.54, 1.807) is 6.07 Å². The average molecular weight is 242 g/mol. The molecule has 0 amide bonds. The van der Waals surface area contributed by atoms with E-state index in [1.165, 1.54) is 0 Å². The number of terminal acetylenes is 1. The van der Waals surface area contributed by atoms with E-state index in [1.807, 2.05) is 12.1 Å². The summed E-state index contributed by atoms with van der Waals surface area (Å²) in [5.41, 5.74) is 1.67. The van der Waals surface area contributed by atoms with Gasteiger partial charge in [0.25, 0.3) is 0 Å². The van der Waals surface area contributed by atoms with E-state index in [4.69, 9.17) is 15.9 Å². The first kappa shape index (κ1) is 11.2. The van der Waals surface area contributed by atoms with Crippen molar-refractivity contribution in [2.45, 2.75) is 24.4 Å². The van der Waals surface area contributed by atoms with Crippen LogP contribution in [0, 0.1) is 12.3 Å². The number of fused-ring (bicyclic) bond motifs is 1. The molecule has 1 N–H and O–H groups in total. The summed E-state index contributed by atoms with van der Waals surface area (Å²) in [5.74, 6) is 3.72. The van der Waals surface area contributed by atoms with Gasteiger partial charge in [0, 0.05) is 11.0 Å². The van der Waals surface area contributed by atoms with Crippen LogP contribution < -0.4 is 9.47 Å². The van der Waals surface area contributed by atoms with Gasteiger partial charge in [-0.2, -0.15) is 0 Å². The normalized spacial score (nSPS) is 20.0. The van der Waals surface area contributed by atoms with Crippen molar-refractivity contribution in [2.24, 2.45) is 0 Å². The molecule has 0 radical (unpaired) electrons. The Morgan fingerprint density at radius 1 is 1.39 bits per heavy atom.